The van der Waals surface area contributed by atoms with Crippen LogP contribution in [0.2, 0.25) is 0 Å². The molecule has 17 heavy (non-hydrogen) atoms. The molecule has 0 heterocycles. The number of carbonyl (C=O) groups excluding carboxylic acids is 1. The third-order valence-electron chi connectivity index (χ3n) is 2.66. The van der Waals surface area contributed by atoms with Gasteiger partial charge in [-0.3, -0.25) is 15.1 Å². The van der Waals surface area contributed by atoms with Crippen LogP contribution in [-0.4, -0.2) is 23.8 Å². The van der Waals surface area contributed by atoms with Crippen molar-refractivity contribution < 1.29 is 4.79 Å². The van der Waals surface area contributed by atoms with Gasteiger partial charge in [-0.25, -0.2) is 0 Å². The van der Waals surface area contributed by atoms with Crippen LogP contribution < -0.4 is 5.73 Å². The molecule has 0 aliphatic heterocycles. The Hall–Kier alpha value is -2.36. The summed E-state index contributed by atoms with van der Waals surface area (Å²) in [5, 5.41) is 9.30. The molecule has 0 saturated carbocycles. The summed E-state index contributed by atoms with van der Waals surface area (Å²) < 4.78 is 0. The summed E-state index contributed by atoms with van der Waals surface area (Å²) >= 11 is 0. The molecule has 0 radical (unpaired) electrons. The second kappa shape index (κ2) is 4.25. The van der Waals surface area contributed by atoms with E-state index in [1.54, 1.807) is 12.1 Å². The van der Waals surface area contributed by atoms with E-state index in [-0.39, 0.29) is 11.9 Å². The van der Waals surface area contributed by atoms with Crippen molar-refractivity contribution in [2.45, 2.75) is 0 Å². The van der Waals surface area contributed by atoms with Gasteiger partial charge in [0, 0.05) is 12.6 Å². The second-order valence-electron chi connectivity index (χ2n) is 3.81. The molecule has 0 unspecified atom stereocenters. The first-order valence-corrected chi connectivity index (χ1v) is 5.20. The van der Waals surface area contributed by atoms with Crippen molar-refractivity contribution in [3.8, 4) is 0 Å². The van der Waals surface area contributed by atoms with Gasteiger partial charge in [-0.2, -0.15) is 0 Å². The van der Waals surface area contributed by atoms with Gasteiger partial charge in [0.15, 0.2) is 5.96 Å². The van der Waals surface area contributed by atoms with Gasteiger partial charge in [-0.05, 0) is 22.9 Å². The number of fused-ring (bicyclic) bond motifs is 1. The molecule has 4 heteroatoms. The van der Waals surface area contributed by atoms with Crippen LogP contribution in [-0.2, 0) is 0 Å². The fourth-order valence-electron chi connectivity index (χ4n) is 1.63. The standard InChI is InChI=1S/C13H13N3O/c1-16(13(14)15)12(17)11-7-6-9-4-2-3-5-10(9)8-11/h2-8H,1H3,(H3,14,15). The SMILES string of the molecule is CN(C(=N)N)C(=O)c1ccc2ccccc2c1. The molecule has 0 aliphatic carbocycles. The first-order chi connectivity index (χ1) is 8.09. The van der Waals surface area contributed by atoms with Crippen molar-refractivity contribution in [1.82, 2.24) is 4.90 Å². The number of nitrogens with two attached hydrogens (primary N) is 1. The maximum atomic E-state index is 11.9. The molecule has 0 aliphatic rings. The Balaban J connectivity index is 2.43. The Morgan fingerprint density at radius 1 is 1.18 bits per heavy atom. The minimum atomic E-state index is -0.275. The predicted molar refractivity (Wildman–Crippen MR) is 68.0 cm³/mol. The Morgan fingerprint density at radius 3 is 2.47 bits per heavy atom. The topological polar surface area (TPSA) is 70.2 Å². The Labute approximate surface area is 99.2 Å². The van der Waals surface area contributed by atoms with E-state index in [0.717, 1.165) is 15.7 Å². The van der Waals surface area contributed by atoms with Gasteiger partial charge in [-0.1, -0.05) is 30.3 Å². The summed E-state index contributed by atoms with van der Waals surface area (Å²) in [4.78, 5) is 13.1. The van der Waals surface area contributed by atoms with Crippen LogP contribution in [0.15, 0.2) is 42.5 Å². The molecule has 1 amide bonds. The van der Waals surface area contributed by atoms with Crippen LogP contribution in [0, 0.1) is 5.41 Å². The minimum absolute atomic E-state index is 0.261. The summed E-state index contributed by atoms with van der Waals surface area (Å²) in [6.45, 7) is 0. The van der Waals surface area contributed by atoms with E-state index in [2.05, 4.69) is 0 Å². The average molecular weight is 227 g/mol. The van der Waals surface area contributed by atoms with Crippen LogP contribution in [0.5, 0.6) is 0 Å². The number of amides is 1. The third kappa shape index (κ3) is 2.10. The molecule has 86 valence electrons. The van der Waals surface area contributed by atoms with Gasteiger partial charge >= 0.3 is 0 Å². The molecule has 2 rings (SSSR count). The van der Waals surface area contributed by atoms with Gasteiger partial charge in [0.25, 0.3) is 5.91 Å². The molecule has 0 atom stereocenters. The third-order valence-corrected chi connectivity index (χ3v) is 2.66. The quantitative estimate of drug-likeness (QED) is 0.576. The Kier molecular flexibility index (Phi) is 2.78. The molecule has 0 saturated heterocycles. The molecule has 0 aromatic heterocycles. The van der Waals surface area contributed by atoms with E-state index in [1.165, 1.54) is 7.05 Å². The van der Waals surface area contributed by atoms with E-state index in [4.69, 9.17) is 11.1 Å². The zero-order chi connectivity index (χ0) is 12.4. The number of nitrogens with one attached hydrogen (secondary N) is 1. The van der Waals surface area contributed by atoms with Crippen LogP contribution in [0.25, 0.3) is 10.8 Å². The number of carbonyl (C=O) groups is 1. The molecule has 4 nitrogen and oxygen atoms in total. The van der Waals surface area contributed by atoms with Gasteiger partial charge in [0.2, 0.25) is 0 Å². The smallest absolute Gasteiger partial charge is 0.260 e. The van der Waals surface area contributed by atoms with Crippen LogP contribution in [0.1, 0.15) is 10.4 Å². The first-order valence-electron chi connectivity index (χ1n) is 5.20. The monoisotopic (exact) mass is 227 g/mol. The first kappa shape index (κ1) is 11.1. The van der Waals surface area contributed by atoms with Gasteiger partial charge in [0.05, 0.1) is 0 Å². The summed E-state index contributed by atoms with van der Waals surface area (Å²) in [6.07, 6.45) is 0. The highest BCUT2D eigenvalue weighted by Crippen LogP contribution is 2.16. The largest absolute Gasteiger partial charge is 0.370 e. The van der Waals surface area contributed by atoms with E-state index in [0.29, 0.717) is 5.56 Å². The number of nitrogens with zero attached hydrogens (tertiary/aromatic N) is 1. The van der Waals surface area contributed by atoms with E-state index in [9.17, 15) is 4.79 Å². The van der Waals surface area contributed by atoms with Crippen molar-refractivity contribution >= 4 is 22.6 Å². The van der Waals surface area contributed by atoms with Gasteiger partial charge in [-0.15, -0.1) is 0 Å². The van der Waals surface area contributed by atoms with Crippen LogP contribution in [0.3, 0.4) is 0 Å². The fourth-order valence-corrected chi connectivity index (χ4v) is 1.63. The molecule has 2 aromatic rings. The molecular weight excluding hydrogens is 214 g/mol. The molecule has 2 aromatic carbocycles. The molecular formula is C13H13N3O. The number of guanidine groups is 1. The highest BCUT2D eigenvalue weighted by Gasteiger charge is 2.13. The number of hydrogen-bond acceptors (Lipinski definition) is 2. The van der Waals surface area contributed by atoms with Crippen molar-refractivity contribution in [2.75, 3.05) is 7.05 Å². The van der Waals surface area contributed by atoms with E-state index < -0.39 is 0 Å². The van der Waals surface area contributed by atoms with Crippen molar-refractivity contribution in [2.24, 2.45) is 5.73 Å². The number of rotatable bonds is 1. The fraction of sp³-hybridized carbons (Fsp3) is 0.0769. The van der Waals surface area contributed by atoms with E-state index in [1.807, 2.05) is 30.3 Å². The van der Waals surface area contributed by atoms with E-state index >= 15 is 0 Å². The van der Waals surface area contributed by atoms with Crippen molar-refractivity contribution in [3.63, 3.8) is 0 Å². The Bertz CT molecular complexity index is 592. The summed E-state index contributed by atoms with van der Waals surface area (Å²) in [5.41, 5.74) is 5.80. The average Bonchev–Trinajstić information content (AvgIpc) is 2.36. The lowest BCUT2D eigenvalue weighted by atomic mass is 10.1. The molecule has 0 bridgehead atoms. The minimum Gasteiger partial charge on any atom is -0.370 e. The summed E-state index contributed by atoms with van der Waals surface area (Å²) in [7, 11) is 1.49. The molecule has 0 fully saturated rings. The summed E-state index contributed by atoms with van der Waals surface area (Å²) in [5.74, 6) is -0.536. The summed E-state index contributed by atoms with van der Waals surface area (Å²) in [6, 6.07) is 13.2. The highest BCUT2D eigenvalue weighted by atomic mass is 16.2. The second-order valence-corrected chi connectivity index (χ2v) is 3.81. The lowest BCUT2D eigenvalue weighted by Gasteiger charge is -2.14. The maximum absolute atomic E-state index is 11.9. The van der Waals surface area contributed by atoms with Crippen molar-refractivity contribution in [1.29, 1.82) is 5.41 Å². The molecule has 3 N–H and O–H groups in total. The zero-order valence-electron chi connectivity index (χ0n) is 9.47. The van der Waals surface area contributed by atoms with Gasteiger partial charge < -0.3 is 5.73 Å². The van der Waals surface area contributed by atoms with Crippen molar-refractivity contribution in [3.05, 3.63) is 48.0 Å². The zero-order valence-corrected chi connectivity index (χ0v) is 9.47. The van der Waals surface area contributed by atoms with Crippen LogP contribution >= 0.6 is 0 Å². The normalized spacial score (nSPS) is 10.2. The predicted octanol–water partition coefficient (Wildman–Crippen LogP) is 1.81. The molecule has 0 spiro atoms. The highest BCUT2D eigenvalue weighted by molar-refractivity contribution is 6.06. The lowest BCUT2D eigenvalue weighted by Crippen LogP contribution is -2.37. The maximum Gasteiger partial charge on any atom is 0.260 e. The Morgan fingerprint density at radius 2 is 1.82 bits per heavy atom. The van der Waals surface area contributed by atoms with Gasteiger partial charge in [0.1, 0.15) is 0 Å². The number of hydrogen-bond donors (Lipinski definition) is 2. The van der Waals surface area contributed by atoms with Crippen LogP contribution in [0.4, 0.5) is 0 Å². The lowest BCUT2D eigenvalue weighted by molar-refractivity contribution is 0.0869. The number of benzene rings is 2.